The van der Waals surface area contributed by atoms with Gasteiger partial charge >= 0.3 is 0 Å². The summed E-state index contributed by atoms with van der Waals surface area (Å²) >= 11 is 0. The quantitative estimate of drug-likeness (QED) is 0.819. The molecular weight excluding hydrogens is 341 g/mol. The number of piperidine rings is 1. The molecule has 1 fully saturated rings. The predicted molar refractivity (Wildman–Crippen MR) is 95.0 cm³/mol. The molecule has 0 aliphatic carbocycles. The van der Waals surface area contributed by atoms with E-state index in [1.165, 1.54) is 16.4 Å². The number of halogens is 1. The van der Waals surface area contributed by atoms with Crippen LogP contribution in [0.15, 0.2) is 30.3 Å². The molecule has 0 spiro atoms. The van der Waals surface area contributed by atoms with Crippen LogP contribution < -0.4 is 0 Å². The van der Waals surface area contributed by atoms with Crippen molar-refractivity contribution in [2.75, 3.05) is 13.1 Å². The van der Waals surface area contributed by atoms with Gasteiger partial charge in [0.05, 0.1) is 11.4 Å². The second kappa shape index (κ2) is 7.25. The highest BCUT2D eigenvalue weighted by molar-refractivity contribution is 7.88. The summed E-state index contributed by atoms with van der Waals surface area (Å²) in [6.45, 7) is 5.88. The Balaban J connectivity index is 1.58. The van der Waals surface area contributed by atoms with E-state index in [0.29, 0.717) is 24.6 Å². The number of nitrogens with zero attached hydrogens (tertiary/aromatic N) is 3. The zero-order valence-electron chi connectivity index (χ0n) is 14.7. The lowest BCUT2D eigenvalue weighted by molar-refractivity contribution is 0.246. The largest absolute Gasteiger partial charge is 0.269 e. The van der Waals surface area contributed by atoms with Crippen LogP contribution in [0.3, 0.4) is 0 Å². The molecule has 1 aromatic carbocycles. The number of aryl methyl sites for hydroxylation is 2. The molecule has 25 heavy (non-hydrogen) atoms. The van der Waals surface area contributed by atoms with Crippen LogP contribution >= 0.6 is 0 Å². The monoisotopic (exact) mass is 365 g/mol. The van der Waals surface area contributed by atoms with Crippen LogP contribution in [0.1, 0.15) is 29.8 Å². The molecule has 0 unspecified atom stereocenters. The summed E-state index contributed by atoms with van der Waals surface area (Å²) in [6.07, 6.45) is 1.64. The van der Waals surface area contributed by atoms with Crippen LogP contribution in [0.2, 0.25) is 0 Å². The molecule has 0 saturated carbocycles. The van der Waals surface area contributed by atoms with Gasteiger partial charge in [-0.1, -0.05) is 12.1 Å². The minimum absolute atomic E-state index is 0.146. The Labute approximate surface area is 148 Å². The Morgan fingerprint density at radius 1 is 1.20 bits per heavy atom. The predicted octanol–water partition coefficient (Wildman–Crippen LogP) is 2.88. The molecule has 0 atom stereocenters. The molecular formula is C18H24FN3O2S. The van der Waals surface area contributed by atoms with Crippen LogP contribution in [0.5, 0.6) is 0 Å². The van der Waals surface area contributed by atoms with Gasteiger partial charge in [-0.05, 0) is 56.4 Å². The Morgan fingerprint density at radius 3 is 2.52 bits per heavy atom. The summed E-state index contributed by atoms with van der Waals surface area (Å²) in [6, 6.07) is 7.85. The van der Waals surface area contributed by atoms with Crippen molar-refractivity contribution in [1.82, 2.24) is 14.1 Å². The molecule has 1 aliphatic heterocycles. The van der Waals surface area contributed by atoms with Crippen LogP contribution in [-0.2, 0) is 22.3 Å². The van der Waals surface area contributed by atoms with E-state index in [-0.39, 0.29) is 5.75 Å². The first kappa shape index (κ1) is 18.1. The number of benzene rings is 1. The zero-order valence-corrected chi connectivity index (χ0v) is 15.5. The van der Waals surface area contributed by atoms with Crippen molar-refractivity contribution in [3.8, 4) is 0 Å². The molecule has 1 aliphatic rings. The third kappa shape index (κ3) is 4.46. The summed E-state index contributed by atoms with van der Waals surface area (Å²) in [5, 5.41) is 4.49. The fourth-order valence-corrected chi connectivity index (χ4v) is 4.95. The first-order chi connectivity index (χ1) is 11.8. The van der Waals surface area contributed by atoms with Crippen molar-refractivity contribution >= 4 is 10.0 Å². The van der Waals surface area contributed by atoms with E-state index in [2.05, 4.69) is 11.2 Å². The molecule has 2 heterocycles. The second-order valence-electron chi connectivity index (χ2n) is 6.84. The molecule has 7 heteroatoms. The molecule has 1 aromatic heterocycles. The maximum Gasteiger partial charge on any atom is 0.218 e. The molecule has 2 aromatic rings. The van der Waals surface area contributed by atoms with Gasteiger partial charge in [0, 0.05) is 25.3 Å². The van der Waals surface area contributed by atoms with Crippen molar-refractivity contribution < 1.29 is 12.8 Å². The molecule has 0 bridgehead atoms. The van der Waals surface area contributed by atoms with E-state index >= 15 is 0 Å². The lowest BCUT2D eigenvalue weighted by Crippen LogP contribution is -2.40. The smallest absolute Gasteiger partial charge is 0.218 e. The number of sulfonamides is 1. The minimum Gasteiger partial charge on any atom is -0.269 e. The summed E-state index contributed by atoms with van der Waals surface area (Å²) in [5.41, 5.74) is 2.64. The maximum atomic E-state index is 13.3. The van der Waals surface area contributed by atoms with Gasteiger partial charge in [-0.2, -0.15) is 5.10 Å². The molecule has 0 amide bonds. The summed E-state index contributed by atoms with van der Waals surface area (Å²) in [4.78, 5) is 0. The standard InChI is InChI=1S/C18H24FN3O2S/c1-14-10-15(2)22(20-14)12-16-6-8-21(9-7-16)25(23,24)13-17-4-3-5-18(19)11-17/h3-5,10-11,16H,6-9,12-13H2,1-2H3. The van der Waals surface area contributed by atoms with Crippen LogP contribution in [0.4, 0.5) is 4.39 Å². The summed E-state index contributed by atoms with van der Waals surface area (Å²) in [5.74, 6) is -0.123. The minimum atomic E-state index is -3.41. The zero-order chi connectivity index (χ0) is 18.0. The molecule has 3 rings (SSSR count). The van der Waals surface area contributed by atoms with Crippen molar-refractivity contribution in [2.45, 2.75) is 39.0 Å². The Hall–Kier alpha value is -1.73. The van der Waals surface area contributed by atoms with Gasteiger partial charge in [0.15, 0.2) is 0 Å². The van der Waals surface area contributed by atoms with E-state index in [1.54, 1.807) is 12.1 Å². The number of hydrogen-bond acceptors (Lipinski definition) is 3. The van der Waals surface area contributed by atoms with Gasteiger partial charge in [-0.15, -0.1) is 0 Å². The molecule has 1 saturated heterocycles. The van der Waals surface area contributed by atoms with Gasteiger partial charge < -0.3 is 0 Å². The Bertz CT molecular complexity index is 840. The average molecular weight is 365 g/mol. The average Bonchev–Trinajstić information content (AvgIpc) is 2.85. The van der Waals surface area contributed by atoms with Crippen LogP contribution in [0, 0.1) is 25.6 Å². The summed E-state index contributed by atoms with van der Waals surface area (Å²) in [7, 11) is -3.41. The van der Waals surface area contributed by atoms with Crippen LogP contribution in [-0.4, -0.2) is 35.6 Å². The molecule has 0 N–H and O–H groups in total. The van der Waals surface area contributed by atoms with Crippen molar-refractivity contribution in [2.24, 2.45) is 5.92 Å². The number of aromatic nitrogens is 2. The highest BCUT2D eigenvalue weighted by atomic mass is 32.2. The highest BCUT2D eigenvalue weighted by Crippen LogP contribution is 2.23. The van der Waals surface area contributed by atoms with Gasteiger partial charge in [-0.25, -0.2) is 17.1 Å². The first-order valence-corrected chi connectivity index (χ1v) is 10.2. The Kier molecular flexibility index (Phi) is 5.24. The van der Waals surface area contributed by atoms with E-state index in [9.17, 15) is 12.8 Å². The molecule has 5 nitrogen and oxygen atoms in total. The third-order valence-corrected chi connectivity index (χ3v) is 6.59. The fourth-order valence-electron chi connectivity index (χ4n) is 3.40. The lowest BCUT2D eigenvalue weighted by atomic mass is 9.98. The third-order valence-electron chi connectivity index (χ3n) is 4.74. The second-order valence-corrected chi connectivity index (χ2v) is 8.81. The first-order valence-electron chi connectivity index (χ1n) is 8.57. The van der Waals surface area contributed by atoms with Gasteiger partial charge in [0.25, 0.3) is 0 Å². The number of hydrogen-bond donors (Lipinski definition) is 0. The Morgan fingerprint density at radius 2 is 1.92 bits per heavy atom. The van der Waals surface area contributed by atoms with Gasteiger partial charge in [0.1, 0.15) is 5.82 Å². The topological polar surface area (TPSA) is 55.2 Å². The van der Waals surface area contributed by atoms with E-state index < -0.39 is 15.8 Å². The number of rotatable bonds is 5. The van der Waals surface area contributed by atoms with E-state index in [4.69, 9.17) is 0 Å². The van der Waals surface area contributed by atoms with E-state index in [0.717, 1.165) is 30.8 Å². The van der Waals surface area contributed by atoms with Crippen molar-refractivity contribution in [3.63, 3.8) is 0 Å². The lowest BCUT2D eigenvalue weighted by Gasteiger charge is -2.31. The van der Waals surface area contributed by atoms with Crippen molar-refractivity contribution in [1.29, 1.82) is 0 Å². The SMILES string of the molecule is Cc1cc(C)n(CC2CCN(S(=O)(=O)Cc3cccc(F)c3)CC2)n1. The van der Waals surface area contributed by atoms with Crippen LogP contribution in [0.25, 0.3) is 0 Å². The van der Waals surface area contributed by atoms with Gasteiger partial charge in [0.2, 0.25) is 10.0 Å². The molecule has 136 valence electrons. The fraction of sp³-hybridized carbons (Fsp3) is 0.500. The normalized spacial score (nSPS) is 17.1. The van der Waals surface area contributed by atoms with Gasteiger partial charge in [-0.3, -0.25) is 4.68 Å². The van der Waals surface area contributed by atoms with Crippen molar-refractivity contribution in [3.05, 3.63) is 53.1 Å². The highest BCUT2D eigenvalue weighted by Gasteiger charge is 2.28. The molecule has 0 radical (unpaired) electrons. The summed E-state index contributed by atoms with van der Waals surface area (Å²) < 4.78 is 42.0. The van der Waals surface area contributed by atoms with E-state index in [1.807, 2.05) is 18.5 Å². The maximum absolute atomic E-state index is 13.3.